The van der Waals surface area contributed by atoms with Gasteiger partial charge < -0.3 is 0 Å². The number of Topliss-reactive ketones (excluding diaryl/α,β-unsaturated/α-hetero) is 2. The molecule has 0 heterocycles. The molecule has 0 saturated carbocycles. The number of benzene rings is 1. The smallest absolute Gasteiger partial charge is 0.229 e. The molecule has 2 nitrogen and oxygen atoms in total. The molecule has 0 aliphatic heterocycles. The molecule has 66 valence electrons. The lowest BCUT2D eigenvalue weighted by Gasteiger charge is -2.01. The molecule has 13 heavy (non-hydrogen) atoms. The topological polar surface area (TPSA) is 34.1 Å². The van der Waals surface area contributed by atoms with Crippen LogP contribution >= 0.6 is 0 Å². The molecule has 1 aromatic carbocycles. The van der Waals surface area contributed by atoms with Gasteiger partial charge in [0, 0.05) is 17.5 Å². The lowest BCUT2D eigenvalue weighted by molar-refractivity contribution is -0.114. The van der Waals surface area contributed by atoms with Crippen molar-refractivity contribution in [2.75, 3.05) is 0 Å². The quantitative estimate of drug-likeness (QED) is 0.563. The van der Waals surface area contributed by atoms with Crippen LogP contribution in [0.4, 0.5) is 4.39 Å². The van der Waals surface area contributed by atoms with E-state index >= 15 is 0 Å². The molecule has 0 spiro atoms. The third kappa shape index (κ3) is 1.00. The second kappa shape index (κ2) is 2.49. The van der Waals surface area contributed by atoms with E-state index in [-0.39, 0.29) is 17.5 Å². The van der Waals surface area contributed by atoms with Crippen LogP contribution in [-0.4, -0.2) is 11.6 Å². The van der Waals surface area contributed by atoms with Crippen LogP contribution in [0.25, 0.3) is 0 Å². The Hall–Kier alpha value is -1.51. The van der Waals surface area contributed by atoms with Crippen molar-refractivity contribution in [2.45, 2.75) is 13.3 Å². The van der Waals surface area contributed by atoms with Crippen molar-refractivity contribution >= 4 is 11.6 Å². The number of carbonyl (C=O) groups excluding carboxylic acids is 2. The Balaban J connectivity index is 2.75. The number of rotatable bonds is 0. The minimum Gasteiger partial charge on any atom is -0.290 e. The van der Waals surface area contributed by atoms with E-state index in [1.165, 1.54) is 12.1 Å². The molecular formula is C10H7FO2. The molecule has 2 rings (SSSR count). The van der Waals surface area contributed by atoms with Gasteiger partial charge in [-0.2, -0.15) is 0 Å². The van der Waals surface area contributed by atoms with Crippen molar-refractivity contribution in [3.63, 3.8) is 0 Å². The lowest BCUT2D eigenvalue weighted by Crippen LogP contribution is -2.06. The molecule has 0 saturated heterocycles. The van der Waals surface area contributed by atoms with Gasteiger partial charge in [-0.05, 0) is 18.6 Å². The number of halogens is 1. The van der Waals surface area contributed by atoms with Crippen LogP contribution in [-0.2, 0) is 11.2 Å². The molecule has 0 aromatic heterocycles. The van der Waals surface area contributed by atoms with Gasteiger partial charge in [-0.15, -0.1) is 0 Å². The normalized spacial score (nSPS) is 14.9. The third-order valence-corrected chi connectivity index (χ3v) is 2.28. The van der Waals surface area contributed by atoms with Gasteiger partial charge in [-0.3, -0.25) is 9.59 Å². The molecule has 1 aromatic rings. The van der Waals surface area contributed by atoms with Gasteiger partial charge in [-0.1, -0.05) is 6.07 Å². The van der Waals surface area contributed by atoms with Gasteiger partial charge >= 0.3 is 0 Å². The van der Waals surface area contributed by atoms with Crippen LogP contribution in [0.5, 0.6) is 0 Å². The highest BCUT2D eigenvalue weighted by atomic mass is 19.1. The van der Waals surface area contributed by atoms with Gasteiger partial charge in [0.1, 0.15) is 5.82 Å². The van der Waals surface area contributed by atoms with Crippen molar-refractivity contribution in [3.8, 4) is 0 Å². The zero-order valence-corrected chi connectivity index (χ0v) is 7.06. The van der Waals surface area contributed by atoms with Crippen LogP contribution in [0.3, 0.4) is 0 Å². The average Bonchev–Trinajstić information content (AvgIpc) is 2.38. The van der Waals surface area contributed by atoms with Crippen molar-refractivity contribution in [1.29, 1.82) is 0 Å². The van der Waals surface area contributed by atoms with E-state index in [0.29, 0.717) is 5.56 Å². The Labute approximate surface area is 74.4 Å². The highest BCUT2D eigenvalue weighted by molar-refractivity contribution is 6.47. The van der Waals surface area contributed by atoms with E-state index in [1.54, 1.807) is 6.92 Å². The number of hydrogen-bond acceptors (Lipinski definition) is 2. The molecule has 0 bridgehead atoms. The summed E-state index contributed by atoms with van der Waals surface area (Å²) in [4.78, 5) is 22.3. The molecule has 0 N–H and O–H groups in total. The summed E-state index contributed by atoms with van der Waals surface area (Å²) in [5.74, 6) is -1.52. The van der Waals surface area contributed by atoms with E-state index < -0.39 is 17.4 Å². The molecular weight excluding hydrogens is 171 g/mol. The van der Waals surface area contributed by atoms with Crippen molar-refractivity contribution in [2.24, 2.45) is 0 Å². The van der Waals surface area contributed by atoms with Crippen molar-refractivity contribution in [3.05, 3.63) is 34.6 Å². The predicted molar refractivity (Wildman–Crippen MR) is 44.2 cm³/mol. The minimum atomic E-state index is -0.549. The summed E-state index contributed by atoms with van der Waals surface area (Å²) in [6, 6.07) is 2.81. The first kappa shape index (κ1) is 8.10. The SMILES string of the molecule is Cc1ccc(F)c2c1C(=O)C(=O)C2. The summed E-state index contributed by atoms with van der Waals surface area (Å²) in [6.45, 7) is 1.70. The minimum absolute atomic E-state index is 0.0817. The Bertz CT molecular complexity index is 421. The Morgan fingerprint density at radius 2 is 2.00 bits per heavy atom. The number of fused-ring (bicyclic) bond motifs is 1. The summed E-state index contributed by atoms with van der Waals surface area (Å²) in [5, 5.41) is 0. The van der Waals surface area contributed by atoms with Crippen LogP contribution < -0.4 is 0 Å². The second-order valence-corrected chi connectivity index (χ2v) is 3.15. The van der Waals surface area contributed by atoms with Crippen molar-refractivity contribution < 1.29 is 14.0 Å². The first-order chi connectivity index (χ1) is 6.11. The maximum atomic E-state index is 13.1. The van der Waals surface area contributed by atoms with Crippen molar-refractivity contribution in [1.82, 2.24) is 0 Å². The first-order valence-electron chi connectivity index (χ1n) is 3.97. The fraction of sp³-hybridized carbons (Fsp3) is 0.200. The molecule has 0 amide bonds. The molecule has 0 radical (unpaired) electrons. The van der Waals surface area contributed by atoms with Crippen LogP contribution in [0, 0.1) is 12.7 Å². The van der Waals surface area contributed by atoms with Gasteiger partial charge in [0.25, 0.3) is 0 Å². The highest BCUT2D eigenvalue weighted by Gasteiger charge is 2.31. The maximum absolute atomic E-state index is 13.1. The largest absolute Gasteiger partial charge is 0.290 e. The zero-order chi connectivity index (χ0) is 9.59. The molecule has 1 aliphatic rings. The van der Waals surface area contributed by atoms with E-state index in [0.717, 1.165) is 0 Å². The molecule has 1 aliphatic carbocycles. The van der Waals surface area contributed by atoms with E-state index in [2.05, 4.69) is 0 Å². The highest BCUT2D eigenvalue weighted by Crippen LogP contribution is 2.25. The summed E-state index contributed by atoms with van der Waals surface area (Å²) < 4.78 is 13.1. The van der Waals surface area contributed by atoms with Crippen LogP contribution in [0.2, 0.25) is 0 Å². The predicted octanol–water partition coefficient (Wildman–Crippen LogP) is 1.44. The third-order valence-electron chi connectivity index (χ3n) is 2.28. The van der Waals surface area contributed by atoms with E-state index in [9.17, 15) is 14.0 Å². The summed E-state index contributed by atoms with van der Waals surface area (Å²) in [5.41, 5.74) is 1.20. The van der Waals surface area contributed by atoms with E-state index in [4.69, 9.17) is 0 Å². The number of aryl methyl sites for hydroxylation is 1. The van der Waals surface area contributed by atoms with E-state index in [1.807, 2.05) is 0 Å². The number of ketones is 2. The summed E-state index contributed by atoms with van der Waals surface area (Å²) >= 11 is 0. The molecule has 0 atom stereocenters. The fourth-order valence-electron chi connectivity index (χ4n) is 1.61. The van der Waals surface area contributed by atoms with Gasteiger partial charge in [0.2, 0.25) is 11.6 Å². The van der Waals surface area contributed by atoms with Crippen LogP contribution in [0.15, 0.2) is 12.1 Å². The molecule has 0 fully saturated rings. The van der Waals surface area contributed by atoms with Gasteiger partial charge in [-0.25, -0.2) is 4.39 Å². The second-order valence-electron chi connectivity index (χ2n) is 3.15. The number of carbonyl (C=O) groups is 2. The number of hydrogen-bond donors (Lipinski definition) is 0. The average molecular weight is 178 g/mol. The zero-order valence-electron chi connectivity index (χ0n) is 7.06. The monoisotopic (exact) mass is 178 g/mol. The van der Waals surface area contributed by atoms with Gasteiger partial charge in [0.05, 0.1) is 0 Å². The standard InChI is InChI=1S/C10H7FO2/c1-5-2-3-7(11)6-4-8(12)10(13)9(5)6/h2-3H,4H2,1H3. The molecule has 0 unspecified atom stereocenters. The molecule has 3 heteroatoms. The van der Waals surface area contributed by atoms with Gasteiger partial charge in [0.15, 0.2) is 0 Å². The van der Waals surface area contributed by atoms with Crippen LogP contribution in [0.1, 0.15) is 21.5 Å². The first-order valence-corrected chi connectivity index (χ1v) is 3.97. The summed E-state index contributed by atoms with van der Waals surface area (Å²) in [6.07, 6.45) is -0.0817. The maximum Gasteiger partial charge on any atom is 0.229 e. The Morgan fingerprint density at radius 3 is 2.62 bits per heavy atom. The Morgan fingerprint density at radius 1 is 1.31 bits per heavy atom. The Kier molecular flexibility index (Phi) is 1.55. The lowest BCUT2D eigenvalue weighted by atomic mass is 10.0. The fourth-order valence-corrected chi connectivity index (χ4v) is 1.61. The summed E-state index contributed by atoms with van der Waals surface area (Å²) in [7, 11) is 0.